The summed E-state index contributed by atoms with van der Waals surface area (Å²) >= 11 is 6.15. The summed E-state index contributed by atoms with van der Waals surface area (Å²) in [6, 6.07) is 9.92. The van der Waals surface area contributed by atoms with E-state index in [0.29, 0.717) is 5.02 Å². The molecule has 4 heteroatoms. The predicted octanol–water partition coefficient (Wildman–Crippen LogP) is 3.34. The Balaban J connectivity index is 2.09. The minimum Gasteiger partial charge on any atom is -0.398 e. The average molecular weight is 276 g/mol. The number of nitrogens with zero attached hydrogens (tertiary/aromatic N) is 2. The van der Waals surface area contributed by atoms with Crippen LogP contribution in [-0.4, -0.2) is 16.4 Å². The van der Waals surface area contributed by atoms with E-state index in [0.717, 1.165) is 36.4 Å². The van der Waals surface area contributed by atoms with E-state index in [2.05, 4.69) is 22.9 Å². The van der Waals surface area contributed by atoms with Crippen molar-refractivity contribution in [1.29, 1.82) is 0 Å². The highest BCUT2D eigenvalue weighted by molar-refractivity contribution is 6.31. The smallest absolute Gasteiger partial charge is 0.0634 e. The number of hydrogen-bond donors (Lipinski definition) is 1. The second kappa shape index (κ2) is 6.55. The van der Waals surface area contributed by atoms with E-state index in [4.69, 9.17) is 17.3 Å². The number of hydrogen-bond acceptors (Lipinski definition) is 3. The molecule has 19 heavy (non-hydrogen) atoms. The largest absolute Gasteiger partial charge is 0.398 e. The Hall–Kier alpha value is -1.58. The number of para-hydroxylation sites is 1. The molecule has 0 spiro atoms. The first-order valence-corrected chi connectivity index (χ1v) is 6.72. The van der Waals surface area contributed by atoms with Crippen LogP contribution in [-0.2, 0) is 13.1 Å². The average Bonchev–Trinajstić information content (AvgIpc) is 2.42. The van der Waals surface area contributed by atoms with Crippen molar-refractivity contribution in [3.63, 3.8) is 0 Å². The highest BCUT2D eigenvalue weighted by Crippen LogP contribution is 2.19. The van der Waals surface area contributed by atoms with Gasteiger partial charge in [-0.2, -0.15) is 0 Å². The van der Waals surface area contributed by atoms with Gasteiger partial charge in [0.15, 0.2) is 0 Å². The summed E-state index contributed by atoms with van der Waals surface area (Å²) in [5.74, 6) is 0. The van der Waals surface area contributed by atoms with Gasteiger partial charge in [0.1, 0.15) is 0 Å². The summed E-state index contributed by atoms with van der Waals surface area (Å²) in [5.41, 5.74) is 9.06. The highest BCUT2D eigenvalue weighted by atomic mass is 35.5. The summed E-state index contributed by atoms with van der Waals surface area (Å²) < 4.78 is 0. The second-order valence-electron chi connectivity index (χ2n) is 4.47. The molecule has 0 bridgehead atoms. The van der Waals surface area contributed by atoms with E-state index in [9.17, 15) is 0 Å². The Kier molecular flexibility index (Phi) is 4.77. The molecular weight excluding hydrogens is 258 g/mol. The normalized spacial score (nSPS) is 10.9. The number of halogens is 1. The quantitative estimate of drug-likeness (QED) is 0.851. The lowest BCUT2D eigenvalue weighted by Gasteiger charge is -2.21. The minimum atomic E-state index is 0.710. The fourth-order valence-corrected chi connectivity index (χ4v) is 2.15. The Morgan fingerprint density at radius 1 is 1.16 bits per heavy atom. The van der Waals surface area contributed by atoms with Gasteiger partial charge in [-0.3, -0.25) is 9.88 Å². The van der Waals surface area contributed by atoms with Crippen LogP contribution < -0.4 is 5.73 Å². The fraction of sp³-hybridized carbons (Fsp3) is 0.267. The fourth-order valence-electron chi connectivity index (χ4n) is 1.97. The highest BCUT2D eigenvalue weighted by Gasteiger charge is 2.09. The van der Waals surface area contributed by atoms with Crippen LogP contribution in [0.25, 0.3) is 0 Å². The second-order valence-corrected chi connectivity index (χ2v) is 4.88. The number of benzene rings is 1. The van der Waals surface area contributed by atoms with Crippen molar-refractivity contribution in [2.75, 3.05) is 12.3 Å². The van der Waals surface area contributed by atoms with Crippen LogP contribution in [0.3, 0.4) is 0 Å². The first kappa shape index (κ1) is 13.8. The maximum atomic E-state index is 6.15. The molecule has 2 aromatic rings. The number of nitrogens with two attached hydrogens (primary N) is 1. The van der Waals surface area contributed by atoms with Crippen molar-refractivity contribution < 1.29 is 0 Å². The lowest BCUT2D eigenvalue weighted by Crippen LogP contribution is -2.23. The number of rotatable bonds is 5. The lowest BCUT2D eigenvalue weighted by atomic mass is 10.1. The van der Waals surface area contributed by atoms with E-state index in [1.54, 1.807) is 12.4 Å². The molecule has 0 saturated carbocycles. The SMILES string of the molecule is CCN(Cc1ccccc1N)Cc1ccncc1Cl. The Morgan fingerprint density at radius 2 is 1.89 bits per heavy atom. The molecule has 0 aliphatic rings. The van der Waals surface area contributed by atoms with Gasteiger partial charge in [0.25, 0.3) is 0 Å². The van der Waals surface area contributed by atoms with Gasteiger partial charge in [0.05, 0.1) is 5.02 Å². The van der Waals surface area contributed by atoms with Crippen molar-refractivity contribution >= 4 is 17.3 Å². The van der Waals surface area contributed by atoms with E-state index >= 15 is 0 Å². The van der Waals surface area contributed by atoms with Gasteiger partial charge in [0.2, 0.25) is 0 Å². The third-order valence-electron chi connectivity index (χ3n) is 3.15. The van der Waals surface area contributed by atoms with Crippen LogP contribution in [0.4, 0.5) is 5.69 Å². The predicted molar refractivity (Wildman–Crippen MR) is 79.9 cm³/mol. The molecule has 0 unspecified atom stereocenters. The first-order valence-electron chi connectivity index (χ1n) is 6.34. The number of nitrogen functional groups attached to an aromatic ring is 1. The van der Waals surface area contributed by atoms with Crippen LogP contribution in [0, 0.1) is 0 Å². The molecule has 2 rings (SSSR count). The summed E-state index contributed by atoms with van der Waals surface area (Å²) in [7, 11) is 0. The topological polar surface area (TPSA) is 42.1 Å². The van der Waals surface area contributed by atoms with E-state index in [1.165, 1.54) is 0 Å². The molecule has 0 amide bonds. The number of anilines is 1. The molecule has 0 saturated heterocycles. The summed E-state index contributed by atoms with van der Waals surface area (Å²) in [6.07, 6.45) is 3.45. The molecule has 3 nitrogen and oxygen atoms in total. The van der Waals surface area contributed by atoms with Crippen LogP contribution in [0.2, 0.25) is 5.02 Å². The molecule has 0 radical (unpaired) electrons. The van der Waals surface area contributed by atoms with Gasteiger partial charge < -0.3 is 5.73 Å². The van der Waals surface area contributed by atoms with Gasteiger partial charge >= 0.3 is 0 Å². The zero-order valence-electron chi connectivity index (χ0n) is 11.0. The summed E-state index contributed by atoms with van der Waals surface area (Å²) in [5, 5.41) is 0.710. The van der Waals surface area contributed by atoms with E-state index in [-0.39, 0.29) is 0 Å². The monoisotopic (exact) mass is 275 g/mol. The van der Waals surface area contributed by atoms with Gasteiger partial charge in [-0.15, -0.1) is 0 Å². The third kappa shape index (κ3) is 3.69. The van der Waals surface area contributed by atoms with Crippen LogP contribution in [0.1, 0.15) is 18.1 Å². The molecule has 100 valence electrons. The molecule has 0 fully saturated rings. The molecule has 0 atom stereocenters. The van der Waals surface area contributed by atoms with Gasteiger partial charge in [-0.1, -0.05) is 36.7 Å². The Morgan fingerprint density at radius 3 is 2.58 bits per heavy atom. The van der Waals surface area contributed by atoms with Crippen molar-refractivity contribution in [3.05, 3.63) is 58.9 Å². The number of aromatic nitrogens is 1. The molecule has 1 aromatic carbocycles. The standard InChI is InChI=1S/C15H18ClN3/c1-2-19(10-12-7-8-18-9-14(12)16)11-13-5-3-4-6-15(13)17/h3-9H,2,10-11,17H2,1H3. The van der Waals surface area contributed by atoms with Gasteiger partial charge in [-0.05, 0) is 29.8 Å². The first-order chi connectivity index (χ1) is 9.20. The van der Waals surface area contributed by atoms with E-state index < -0.39 is 0 Å². The zero-order chi connectivity index (χ0) is 13.7. The van der Waals surface area contributed by atoms with Crippen molar-refractivity contribution in [1.82, 2.24) is 9.88 Å². The zero-order valence-corrected chi connectivity index (χ0v) is 11.8. The van der Waals surface area contributed by atoms with Crippen LogP contribution in [0.5, 0.6) is 0 Å². The maximum Gasteiger partial charge on any atom is 0.0634 e. The van der Waals surface area contributed by atoms with E-state index in [1.807, 2.05) is 24.3 Å². The van der Waals surface area contributed by atoms with Crippen molar-refractivity contribution in [2.24, 2.45) is 0 Å². The van der Waals surface area contributed by atoms with Crippen molar-refractivity contribution in [2.45, 2.75) is 20.0 Å². The van der Waals surface area contributed by atoms with Crippen molar-refractivity contribution in [3.8, 4) is 0 Å². The Labute approximate surface area is 119 Å². The molecule has 2 N–H and O–H groups in total. The van der Waals surface area contributed by atoms with Gasteiger partial charge in [-0.25, -0.2) is 0 Å². The minimum absolute atomic E-state index is 0.710. The summed E-state index contributed by atoms with van der Waals surface area (Å²) in [4.78, 5) is 6.30. The summed E-state index contributed by atoms with van der Waals surface area (Å²) in [6.45, 7) is 4.69. The lowest BCUT2D eigenvalue weighted by molar-refractivity contribution is 0.272. The Bertz CT molecular complexity index is 495. The molecule has 0 aliphatic carbocycles. The molecule has 0 aliphatic heterocycles. The molecule has 1 heterocycles. The molecule has 1 aromatic heterocycles. The maximum absolute atomic E-state index is 6.15. The van der Waals surface area contributed by atoms with Crippen LogP contribution >= 0.6 is 11.6 Å². The molecular formula is C15H18ClN3. The number of pyridine rings is 1. The third-order valence-corrected chi connectivity index (χ3v) is 3.49. The van der Waals surface area contributed by atoms with Gasteiger partial charge in [0, 0.05) is 31.2 Å². The van der Waals surface area contributed by atoms with Crippen LogP contribution in [0.15, 0.2) is 42.7 Å².